The van der Waals surface area contributed by atoms with E-state index >= 15 is 0 Å². The number of carboxylic acids is 1. The van der Waals surface area contributed by atoms with E-state index in [9.17, 15) is 4.79 Å². The van der Waals surface area contributed by atoms with Crippen LogP contribution in [-0.4, -0.2) is 21.8 Å². The average molecular weight is 362 g/mol. The molecule has 0 aliphatic rings. The first kappa shape index (κ1) is 16.1. The molecule has 23 heavy (non-hydrogen) atoms. The van der Waals surface area contributed by atoms with E-state index in [0.29, 0.717) is 5.02 Å². The first-order valence-electron chi connectivity index (χ1n) is 6.80. The zero-order valence-corrected chi connectivity index (χ0v) is 14.3. The van der Waals surface area contributed by atoms with Crippen molar-refractivity contribution in [3.05, 3.63) is 59.6 Å². The molecule has 3 aromatic rings. The number of carbonyl (C=O) groups is 1. The molecule has 0 aliphatic carbocycles. The molecule has 0 bridgehead atoms. The van der Waals surface area contributed by atoms with Gasteiger partial charge in [0.1, 0.15) is 0 Å². The van der Waals surface area contributed by atoms with Gasteiger partial charge in [0.2, 0.25) is 0 Å². The number of rotatable bonds is 5. The molecule has 0 fully saturated rings. The lowest BCUT2D eigenvalue weighted by Crippen LogP contribution is -1.96. The van der Waals surface area contributed by atoms with Crippen molar-refractivity contribution < 1.29 is 9.90 Å². The minimum atomic E-state index is -0.848. The summed E-state index contributed by atoms with van der Waals surface area (Å²) in [4.78, 5) is 16.4. The van der Waals surface area contributed by atoms with E-state index in [-0.39, 0.29) is 5.75 Å². The second kappa shape index (κ2) is 7.17. The smallest absolute Gasteiger partial charge is 0.313 e. The molecule has 3 rings (SSSR count). The highest BCUT2D eigenvalue weighted by Gasteiger charge is 2.16. The highest BCUT2D eigenvalue weighted by atomic mass is 35.5. The van der Waals surface area contributed by atoms with E-state index in [1.54, 1.807) is 0 Å². The molecule has 1 N–H and O–H groups in total. The first-order chi connectivity index (χ1) is 11.1. The van der Waals surface area contributed by atoms with Crippen molar-refractivity contribution in [2.24, 2.45) is 0 Å². The van der Waals surface area contributed by atoms with Crippen LogP contribution >= 0.6 is 34.7 Å². The van der Waals surface area contributed by atoms with Gasteiger partial charge in [-0.05, 0) is 17.7 Å². The molecule has 0 unspecified atom stereocenters. The lowest BCUT2D eigenvalue weighted by Gasteiger charge is -2.02. The number of aliphatic carboxylic acids is 1. The summed E-state index contributed by atoms with van der Waals surface area (Å²) in [6, 6.07) is 17.5. The normalized spacial score (nSPS) is 10.7. The van der Waals surface area contributed by atoms with E-state index < -0.39 is 5.97 Å². The van der Waals surface area contributed by atoms with Crippen LogP contribution in [0.15, 0.2) is 58.9 Å². The maximum absolute atomic E-state index is 10.8. The van der Waals surface area contributed by atoms with Crippen LogP contribution in [-0.2, 0) is 4.79 Å². The molecule has 1 heterocycles. The van der Waals surface area contributed by atoms with Gasteiger partial charge in [-0.1, -0.05) is 65.8 Å². The predicted octanol–water partition coefficient (Wildman–Crippen LogP) is 5.31. The van der Waals surface area contributed by atoms with Crippen LogP contribution < -0.4 is 0 Å². The number of thiazole rings is 1. The molecule has 0 amide bonds. The summed E-state index contributed by atoms with van der Waals surface area (Å²) in [6.07, 6.45) is 0. The molecule has 0 atom stereocenters. The zero-order valence-electron chi connectivity index (χ0n) is 11.9. The first-order valence-corrected chi connectivity index (χ1v) is 8.98. The third kappa shape index (κ3) is 3.93. The lowest BCUT2D eigenvalue weighted by molar-refractivity contribution is -0.133. The van der Waals surface area contributed by atoms with Gasteiger partial charge in [-0.15, -0.1) is 11.3 Å². The number of carboxylic acid groups (broad SMARTS) is 1. The summed E-state index contributed by atoms with van der Waals surface area (Å²) in [5.41, 5.74) is 2.90. The topological polar surface area (TPSA) is 50.2 Å². The van der Waals surface area contributed by atoms with Crippen LogP contribution in [0.1, 0.15) is 0 Å². The summed E-state index contributed by atoms with van der Waals surface area (Å²) >= 11 is 8.70. The van der Waals surface area contributed by atoms with Gasteiger partial charge in [0.05, 0.1) is 16.3 Å². The third-order valence-corrected chi connectivity index (χ3v) is 5.56. The van der Waals surface area contributed by atoms with Crippen molar-refractivity contribution in [2.75, 3.05) is 5.75 Å². The van der Waals surface area contributed by atoms with E-state index in [4.69, 9.17) is 16.7 Å². The SMILES string of the molecule is O=C(O)CSc1nc(-c2ccccc2)c(-c2ccc(Cl)cc2)s1. The van der Waals surface area contributed by atoms with Crippen molar-refractivity contribution >= 4 is 40.7 Å². The summed E-state index contributed by atoms with van der Waals surface area (Å²) in [6.45, 7) is 0. The number of benzene rings is 2. The van der Waals surface area contributed by atoms with Gasteiger partial charge in [-0.2, -0.15) is 0 Å². The number of halogens is 1. The molecule has 0 saturated carbocycles. The number of aromatic nitrogens is 1. The quantitative estimate of drug-likeness (QED) is 0.626. The van der Waals surface area contributed by atoms with Gasteiger partial charge in [0.25, 0.3) is 0 Å². The molecule has 116 valence electrons. The van der Waals surface area contributed by atoms with E-state index in [1.807, 2.05) is 54.6 Å². The van der Waals surface area contributed by atoms with Crippen LogP contribution in [0.4, 0.5) is 0 Å². The molecular weight excluding hydrogens is 350 g/mol. The molecule has 2 aromatic carbocycles. The maximum Gasteiger partial charge on any atom is 0.313 e. The van der Waals surface area contributed by atoms with Gasteiger partial charge < -0.3 is 5.11 Å². The Morgan fingerprint density at radius 1 is 1.09 bits per heavy atom. The van der Waals surface area contributed by atoms with Crippen LogP contribution in [0, 0.1) is 0 Å². The minimum Gasteiger partial charge on any atom is -0.481 e. The Morgan fingerprint density at radius 2 is 1.78 bits per heavy atom. The van der Waals surface area contributed by atoms with Crippen LogP contribution in [0.3, 0.4) is 0 Å². The highest BCUT2D eigenvalue weighted by Crippen LogP contribution is 2.40. The molecule has 0 saturated heterocycles. The van der Waals surface area contributed by atoms with Crippen LogP contribution in [0.25, 0.3) is 21.7 Å². The number of hydrogen-bond donors (Lipinski definition) is 1. The van der Waals surface area contributed by atoms with Gasteiger partial charge in [0, 0.05) is 10.6 Å². The number of hydrogen-bond acceptors (Lipinski definition) is 4. The molecule has 6 heteroatoms. The Morgan fingerprint density at radius 3 is 2.43 bits per heavy atom. The fourth-order valence-corrected chi connectivity index (χ4v) is 4.09. The standard InChI is InChI=1S/C17H12ClNO2S2/c18-13-8-6-12(7-9-13)16-15(11-4-2-1-3-5-11)19-17(23-16)22-10-14(20)21/h1-9H,10H2,(H,20,21). The molecule has 0 aliphatic heterocycles. The monoisotopic (exact) mass is 361 g/mol. The van der Waals surface area contributed by atoms with Crippen molar-refractivity contribution in [3.63, 3.8) is 0 Å². The van der Waals surface area contributed by atoms with Gasteiger partial charge in [-0.3, -0.25) is 4.79 Å². The van der Waals surface area contributed by atoms with E-state index in [1.165, 1.54) is 23.1 Å². The largest absolute Gasteiger partial charge is 0.481 e. The molecule has 1 aromatic heterocycles. The van der Waals surface area contributed by atoms with E-state index in [0.717, 1.165) is 26.0 Å². The molecule has 3 nitrogen and oxygen atoms in total. The van der Waals surface area contributed by atoms with Crippen LogP contribution in [0.2, 0.25) is 5.02 Å². The van der Waals surface area contributed by atoms with Gasteiger partial charge in [-0.25, -0.2) is 4.98 Å². The minimum absolute atomic E-state index is 0.00179. The Labute approximate surface area is 147 Å². The maximum atomic E-state index is 10.8. The Bertz CT molecular complexity index is 816. The summed E-state index contributed by atoms with van der Waals surface area (Å²) in [5, 5.41) is 9.54. The average Bonchev–Trinajstić information content (AvgIpc) is 2.99. The molecular formula is C17H12ClNO2S2. The predicted molar refractivity (Wildman–Crippen MR) is 96.4 cm³/mol. The Hall–Kier alpha value is -1.82. The zero-order chi connectivity index (χ0) is 16.2. The van der Waals surface area contributed by atoms with Gasteiger partial charge in [0.15, 0.2) is 4.34 Å². The number of thioether (sulfide) groups is 1. The summed E-state index contributed by atoms with van der Waals surface area (Å²) in [5.74, 6) is -0.846. The van der Waals surface area contributed by atoms with Crippen molar-refractivity contribution in [1.82, 2.24) is 4.98 Å². The second-order valence-electron chi connectivity index (χ2n) is 4.71. The number of nitrogens with zero attached hydrogens (tertiary/aromatic N) is 1. The molecule has 0 radical (unpaired) electrons. The summed E-state index contributed by atoms with van der Waals surface area (Å²) < 4.78 is 0.746. The molecule has 0 spiro atoms. The van der Waals surface area contributed by atoms with Crippen LogP contribution in [0.5, 0.6) is 0 Å². The van der Waals surface area contributed by atoms with E-state index in [2.05, 4.69) is 4.98 Å². The van der Waals surface area contributed by atoms with Crippen molar-refractivity contribution in [2.45, 2.75) is 4.34 Å². The fraction of sp³-hybridized carbons (Fsp3) is 0.0588. The third-order valence-electron chi connectivity index (χ3n) is 3.08. The highest BCUT2D eigenvalue weighted by molar-refractivity contribution is 8.01. The second-order valence-corrected chi connectivity index (χ2v) is 7.37. The summed E-state index contributed by atoms with van der Waals surface area (Å²) in [7, 11) is 0. The van der Waals surface area contributed by atoms with Crippen molar-refractivity contribution in [3.8, 4) is 21.7 Å². The van der Waals surface area contributed by atoms with Gasteiger partial charge >= 0.3 is 5.97 Å². The Kier molecular flexibility index (Phi) is 5.00. The Balaban J connectivity index is 2.05. The van der Waals surface area contributed by atoms with Crippen molar-refractivity contribution in [1.29, 1.82) is 0 Å². The fourth-order valence-electron chi connectivity index (χ4n) is 2.07. The lowest BCUT2D eigenvalue weighted by atomic mass is 10.1.